The summed E-state index contributed by atoms with van der Waals surface area (Å²) in [5.74, 6) is -0.455. The Bertz CT molecular complexity index is 1050. The molecule has 4 heterocycles. The Labute approximate surface area is 234 Å². The molecule has 3 atom stereocenters. The molecule has 0 aliphatic carbocycles. The number of morpholine rings is 1. The van der Waals surface area contributed by atoms with Crippen molar-refractivity contribution in [3.63, 3.8) is 0 Å². The summed E-state index contributed by atoms with van der Waals surface area (Å²) < 4.78 is 11.4. The summed E-state index contributed by atoms with van der Waals surface area (Å²) in [6.07, 6.45) is 5.58. The van der Waals surface area contributed by atoms with Crippen molar-refractivity contribution >= 4 is 23.6 Å². The van der Waals surface area contributed by atoms with E-state index in [0.717, 1.165) is 13.1 Å². The Morgan fingerprint density at radius 2 is 1.90 bits per heavy atom. The summed E-state index contributed by atoms with van der Waals surface area (Å²) in [6.45, 7) is 4.35. The molecular weight excluding hydrogens is 518 g/mol. The van der Waals surface area contributed by atoms with Gasteiger partial charge in [-0.2, -0.15) is 0 Å². The topological polar surface area (TPSA) is 159 Å². The zero-order chi connectivity index (χ0) is 28.5. The fraction of sp³-hybridized carbons (Fsp3) is 0.667. The largest absolute Gasteiger partial charge is 0.490 e. The van der Waals surface area contributed by atoms with Crippen LogP contribution < -0.4 is 21.1 Å². The molecule has 0 radical (unpaired) electrons. The molecule has 1 aromatic heterocycles. The molecule has 40 heavy (non-hydrogen) atoms. The van der Waals surface area contributed by atoms with Gasteiger partial charge in [0.05, 0.1) is 37.6 Å². The molecule has 13 heteroatoms. The Balaban J connectivity index is 1.48. The van der Waals surface area contributed by atoms with E-state index in [9.17, 15) is 19.2 Å². The van der Waals surface area contributed by atoms with Crippen molar-refractivity contribution in [1.82, 2.24) is 30.3 Å². The van der Waals surface area contributed by atoms with E-state index in [4.69, 9.17) is 15.2 Å². The van der Waals surface area contributed by atoms with Gasteiger partial charge in [-0.3, -0.25) is 29.1 Å². The highest BCUT2D eigenvalue weighted by Gasteiger charge is 2.39. The summed E-state index contributed by atoms with van der Waals surface area (Å²) >= 11 is 0. The molecule has 4 amide bonds. The Morgan fingerprint density at radius 1 is 1.10 bits per heavy atom. The monoisotopic (exact) mass is 559 g/mol. The number of nitrogens with zero attached hydrogens (tertiary/aromatic N) is 4. The third-order valence-corrected chi connectivity index (χ3v) is 7.63. The van der Waals surface area contributed by atoms with Gasteiger partial charge in [0.1, 0.15) is 18.4 Å². The average molecular weight is 560 g/mol. The molecular formula is C27H41N7O6. The minimum Gasteiger partial charge on any atom is -0.490 e. The van der Waals surface area contributed by atoms with E-state index in [-0.39, 0.29) is 43.0 Å². The maximum atomic E-state index is 13.8. The zero-order valence-electron chi connectivity index (χ0n) is 23.2. The van der Waals surface area contributed by atoms with Crippen molar-refractivity contribution in [3.8, 4) is 5.75 Å². The number of hydrogen-bond acceptors (Lipinski definition) is 9. The van der Waals surface area contributed by atoms with Crippen LogP contribution in [0.3, 0.4) is 0 Å². The Hall–Kier alpha value is -3.29. The number of amides is 4. The number of nitrogens with one attached hydrogen (secondary N) is 2. The fourth-order valence-corrected chi connectivity index (χ4v) is 5.37. The number of hydrogen-bond donors (Lipinski definition) is 3. The first kappa shape index (κ1) is 29.7. The lowest BCUT2D eigenvalue weighted by Gasteiger charge is -2.29. The van der Waals surface area contributed by atoms with Crippen molar-refractivity contribution in [2.75, 3.05) is 66.1 Å². The first-order valence-corrected chi connectivity index (χ1v) is 14.1. The molecule has 4 N–H and O–H groups in total. The lowest BCUT2D eigenvalue weighted by Crippen LogP contribution is -2.52. The number of carbonyl (C=O) groups is 4. The van der Waals surface area contributed by atoms with Gasteiger partial charge < -0.3 is 35.6 Å². The molecule has 2 bridgehead atoms. The van der Waals surface area contributed by atoms with Gasteiger partial charge in [-0.05, 0) is 31.7 Å². The fourth-order valence-electron chi connectivity index (χ4n) is 5.37. The van der Waals surface area contributed by atoms with Gasteiger partial charge in [0.2, 0.25) is 17.7 Å². The van der Waals surface area contributed by atoms with Crippen molar-refractivity contribution in [1.29, 1.82) is 0 Å². The van der Waals surface area contributed by atoms with E-state index in [1.807, 2.05) is 0 Å². The highest BCUT2D eigenvalue weighted by Crippen LogP contribution is 2.23. The lowest BCUT2D eigenvalue weighted by atomic mass is 10.1. The summed E-state index contributed by atoms with van der Waals surface area (Å²) in [5.41, 5.74) is 5.95. The van der Waals surface area contributed by atoms with E-state index < -0.39 is 11.9 Å². The number of ether oxygens (including phenoxy) is 2. The first-order valence-electron chi connectivity index (χ1n) is 14.1. The molecule has 0 saturated carbocycles. The van der Waals surface area contributed by atoms with Gasteiger partial charge in [-0.25, -0.2) is 0 Å². The lowest BCUT2D eigenvalue weighted by molar-refractivity contribution is -0.137. The minimum atomic E-state index is -0.761. The second-order valence-electron chi connectivity index (χ2n) is 10.6. The van der Waals surface area contributed by atoms with E-state index in [2.05, 4.69) is 20.5 Å². The van der Waals surface area contributed by atoms with Crippen LogP contribution in [-0.4, -0.2) is 128 Å². The van der Waals surface area contributed by atoms with Crippen LogP contribution in [0, 0.1) is 0 Å². The maximum absolute atomic E-state index is 13.8. The van der Waals surface area contributed by atoms with Crippen molar-refractivity contribution in [3.05, 3.63) is 24.0 Å². The second-order valence-corrected chi connectivity index (χ2v) is 10.6. The van der Waals surface area contributed by atoms with Gasteiger partial charge in [-0.1, -0.05) is 0 Å². The molecule has 0 aromatic carbocycles. The van der Waals surface area contributed by atoms with Crippen LogP contribution in [0.2, 0.25) is 0 Å². The number of aromatic nitrogens is 1. The molecule has 3 aliphatic rings. The van der Waals surface area contributed by atoms with Gasteiger partial charge >= 0.3 is 0 Å². The third kappa shape index (κ3) is 8.12. The maximum Gasteiger partial charge on any atom is 0.255 e. The minimum absolute atomic E-state index is 0.0693. The van der Waals surface area contributed by atoms with Crippen LogP contribution in [0.5, 0.6) is 5.75 Å². The first-order chi connectivity index (χ1) is 19.3. The highest BCUT2D eigenvalue weighted by atomic mass is 16.5. The molecule has 2 fully saturated rings. The molecule has 3 aliphatic heterocycles. The van der Waals surface area contributed by atoms with Crippen LogP contribution in [0.15, 0.2) is 18.5 Å². The molecule has 220 valence electrons. The normalized spacial score (nSPS) is 24.9. The SMILES string of the molecule is CN1CCCC[C@H](NC(=O)CN)C(=O)N2C[C@@H](NC(=O)CCN3CCOCC3)C[C@H]2COc2cncc(c2)C1=O. The molecule has 0 unspecified atom stereocenters. The van der Waals surface area contributed by atoms with E-state index in [0.29, 0.717) is 76.3 Å². The van der Waals surface area contributed by atoms with Crippen LogP contribution in [0.1, 0.15) is 42.5 Å². The molecule has 2 saturated heterocycles. The standard InChI is InChI=1S/C27H41N7O6/c1-32-6-3-2-4-23(31-25(36)14-28)27(38)34-17-20(30-24(35)5-7-33-8-10-39-11-9-33)13-21(34)18-40-22-12-19(26(32)37)15-29-16-22/h12,15-16,20-21,23H,2-11,13-14,17-18,28H2,1H3,(H,30,35)(H,31,36)/t20-,21-,23-/m0/s1. The third-order valence-electron chi connectivity index (χ3n) is 7.63. The molecule has 13 nitrogen and oxygen atoms in total. The number of fused-ring (bicyclic) bond motifs is 3. The van der Waals surface area contributed by atoms with Crippen molar-refractivity contribution in [2.24, 2.45) is 5.73 Å². The number of rotatable bonds is 6. The van der Waals surface area contributed by atoms with Gasteiger partial charge in [0.25, 0.3) is 5.91 Å². The number of nitrogens with two attached hydrogens (primary N) is 1. The molecule has 4 rings (SSSR count). The summed E-state index contributed by atoms with van der Waals surface area (Å²) in [5, 5.41) is 5.86. The van der Waals surface area contributed by atoms with Gasteiger partial charge in [0, 0.05) is 58.4 Å². The van der Waals surface area contributed by atoms with Crippen LogP contribution >= 0.6 is 0 Å². The number of pyridine rings is 1. The smallest absolute Gasteiger partial charge is 0.255 e. The molecule has 0 spiro atoms. The Morgan fingerprint density at radius 3 is 2.67 bits per heavy atom. The second kappa shape index (κ2) is 14.4. The zero-order valence-corrected chi connectivity index (χ0v) is 23.2. The summed E-state index contributed by atoms with van der Waals surface area (Å²) in [7, 11) is 1.72. The van der Waals surface area contributed by atoms with E-state index in [1.165, 1.54) is 12.4 Å². The van der Waals surface area contributed by atoms with Gasteiger partial charge in [-0.15, -0.1) is 0 Å². The van der Waals surface area contributed by atoms with E-state index >= 15 is 0 Å². The number of carbonyl (C=O) groups excluding carboxylic acids is 4. The van der Waals surface area contributed by atoms with E-state index in [1.54, 1.807) is 22.9 Å². The quantitative estimate of drug-likeness (QED) is 0.396. The van der Waals surface area contributed by atoms with Crippen LogP contribution in [0.4, 0.5) is 0 Å². The Kier molecular flexibility index (Phi) is 10.7. The van der Waals surface area contributed by atoms with Crippen molar-refractivity contribution < 1.29 is 28.7 Å². The highest BCUT2D eigenvalue weighted by molar-refractivity contribution is 5.94. The summed E-state index contributed by atoms with van der Waals surface area (Å²) in [4.78, 5) is 61.3. The molecule has 1 aromatic rings. The predicted molar refractivity (Wildman–Crippen MR) is 145 cm³/mol. The van der Waals surface area contributed by atoms with Gasteiger partial charge in [0.15, 0.2) is 0 Å². The van der Waals surface area contributed by atoms with Crippen LogP contribution in [0.25, 0.3) is 0 Å². The summed E-state index contributed by atoms with van der Waals surface area (Å²) in [6, 6.07) is 0.297. The van der Waals surface area contributed by atoms with Crippen LogP contribution in [-0.2, 0) is 19.1 Å². The van der Waals surface area contributed by atoms with Crippen molar-refractivity contribution in [2.45, 2.75) is 50.2 Å². The predicted octanol–water partition coefficient (Wildman–Crippen LogP) is -1.03. The average Bonchev–Trinajstić information content (AvgIpc) is 3.37.